The summed E-state index contributed by atoms with van der Waals surface area (Å²) in [7, 11) is 1.86. The van der Waals surface area contributed by atoms with Crippen LogP contribution in [-0.4, -0.2) is 30.1 Å². The number of hydrogen-bond acceptors (Lipinski definition) is 4. The third-order valence-electron chi connectivity index (χ3n) is 2.19. The minimum Gasteiger partial charge on any atom is -0.372 e. The van der Waals surface area contributed by atoms with Gasteiger partial charge in [0.2, 0.25) is 0 Å². The van der Waals surface area contributed by atoms with Gasteiger partial charge in [-0.05, 0) is 12.8 Å². The second-order valence-corrected chi connectivity index (χ2v) is 3.50. The van der Waals surface area contributed by atoms with Gasteiger partial charge in [0.15, 0.2) is 0 Å². The Morgan fingerprint density at radius 2 is 1.87 bits per heavy atom. The average Bonchev–Trinajstić information content (AvgIpc) is 2.29. The summed E-state index contributed by atoms with van der Waals surface area (Å²) in [6, 6.07) is 0. The first kappa shape index (κ1) is 11.8. The van der Waals surface area contributed by atoms with E-state index in [2.05, 4.69) is 34.0 Å². The lowest BCUT2D eigenvalue weighted by atomic mass is 10.3. The summed E-state index contributed by atoms with van der Waals surface area (Å²) in [6.45, 7) is 6.43. The number of rotatable bonds is 6. The molecule has 0 aliphatic carbocycles. The molecule has 1 aromatic rings. The largest absolute Gasteiger partial charge is 0.372 e. The fourth-order valence-electron chi connectivity index (χ4n) is 1.51. The van der Waals surface area contributed by atoms with Crippen LogP contribution in [0.2, 0.25) is 0 Å². The van der Waals surface area contributed by atoms with E-state index in [9.17, 15) is 0 Å². The molecule has 0 aliphatic heterocycles. The maximum absolute atomic E-state index is 4.48. The van der Waals surface area contributed by atoms with Gasteiger partial charge in [-0.3, -0.25) is 4.98 Å². The molecule has 0 radical (unpaired) electrons. The smallest absolute Gasteiger partial charge is 0.149 e. The maximum atomic E-state index is 4.48. The zero-order valence-corrected chi connectivity index (χ0v) is 9.82. The lowest BCUT2D eigenvalue weighted by molar-refractivity contribution is 0.732. The van der Waals surface area contributed by atoms with Crippen molar-refractivity contribution < 1.29 is 0 Å². The van der Waals surface area contributed by atoms with E-state index < -0.39 is 0 Å². The van der Waals surface area contributed by atoms with Crippen LogP contribution in [0.5, 0.6) is 0 Å². The Kier molecular flexibility index (Phi) is 4.87. The summed E-state index contributed by atoms with van der Waals surface area (Å²) < 4.78 is 0. The van der Waals surface area contributed by atoms with E-state index in [4.69, 9.17) is 0 Å². The van der Waals surface area contributed by atoms with Gasteiger partial charge in [-0.25, -0.2) is 4.98 Å². The lowest BCUT2D eigenvalue weighted by Gasteiger charge is -2.22. The highest BCUT2D eigenvalue weighted by Crippen LogP contribution is 2.12. The van der Waals surface area contributed by atoms with E-state index >= 15 is 0 Å². The summed E-state index contributed by atoms with van der Waals surface area (Å²) in [5.41, 5.74) is 0. The van der Waals surface area contributed by atoms with Crippen molar-refractivity contribution in [3.05, 3.63) is 12.4 Å². The molecule has 15 heavy (non-hydrogen) atoms. The van der Waals surface area contributed by atoms with Gasteiger partial charge in [0.05, 0.1) is 12.4 Å². The van der Waals surface area contributed by atoms with Crippen molar-refractivity contribution in [2.24, 2.45) is 0 Å². The minimum absolute atomic E-state index is 0.824. The summed E-state index contributed by atoms with van der Waals surface area (Å²) in [5.74, 6) is 1.79. The molecule has 0 amide bonds. The van der Waals surface area contributed by atoms with E-state index in [0.29, 0.717) is 0 Å². The normalized spacial score (nSPS) is 10.1. The number of aromatic nitrogens is 2. The first-order chi connectivity index (χ1) is 7.31. The Bertz CT molecular complexity index is 282. The van der Waals surface area contributed by atoms with Crippen molar-refractivity contribution in [2.45, 2.75) is 26.7 Å². The molecular formula is C11H20N4. The van der Waals surface area contributed by atoms with Crippen molar-refractivity contribution in [3.8, 4) is 0 Å². The summed E-state index contributed by atoms with van der Waals surface area (Å²) in [6.07, 6.45) is 5.82. The molecule has 4 nitrogen and oxygen atoms in total. The Morgan fingerprint density at radius 1 is 1.20 bits per heavy atom. The third kappa shape index (κ3) is 3.38. The van der Waals surface area contributed by atoms with Crippen LogP contribution < -0.4 is 10.2 Å². The average molecular weight is 208 g/mol. The molecule has 1 N–H and O–H groups in total. The minimum atomic E-state index is 0.824. The van der Waals surface area contributed by atoms with Crippen LogP contribution in [0, 0.1) is 0 Å². The molecule has 0 saturated carbocycles. The Hall–Kier alpha value is -1.32. The van der Waals surface area contributed by atoms with Gasteiger partial charge in [-0.1, -0.05) is 13.8 Å². The lowest BCUT2D eigenvalue weighted by Crippen LogP contribution is -2.26. The molecule has 0 unspecified atom stereocenters. The number of nitrogens with one attached hydrogen (secondary N) is 1. The second kappa shape index (κ2) is 6.22. The van der Waals surface area contributed by atoms with Gasteiger partial charge in [0.25, 0.3) is 0 Å². The van der Waals surface area contributed by atoms with E-state index in [-0.39, 0.29) is 0 Å². The number of anilines is 2. The first-order valence-electron chi connectivity index (χ1n) is 5.56. The quantitative estimate of drug-likeness (QED) is 0.777. The van der Waals surface area contributed by atoms with Crippen molar-refractivity contribution in [2.75, 3.05) is 30.4 Å². The molecule has 1 aromatic heterocycles. The fourth-order valence-corrected chi connectivity index (χ4v) is 1.51. The molecule has 0 bridgehead atoms. The molecular weight excluding hydrogens is 188 g/mol. The zero-order valence-electron chi connectivity index (χ0n) is 9.82. The predicted molar refractivity (Wildman–Crippen MR) is 64.4 cm³/mol. The first-order valence-corrected chi connectivity index (χ1v) is 5.56. The van der Waals surface area contributed by atoms with Gasteiger partial charge < -0.3 is 10.2 Å². The Morgan fingerprint density at radius 3 is 2.40 bits per heavy atom. The van der Waals surface area contributed by atoms with E-state index in [1.165, 1.54) is 0 Å². The van der Waals surface area contributed by atoms with Crippen molar-refractivity contribution in [1.82, 2.24) is 9.97 Å². The van der Waals surface area contributed by atoms with Gasteiger partial charge >= 0.3 is 0 Å². The highest BCUT2D eigenvalue weighted by molar-refractivity contribution is 5.43. The van der Waals surface area contributed by atoms with Crippen molar-refractivity contribution in [3.63, 3.8) is 0 Å². The van der Waals surface area contributed by atoms with Crippen molar-refractivity contribution >= 4 is 11.6 Å². The molecule has 0 aromatic carbocycles. The summed E-state index contributed by atoms with van der Waals surface area (Å²) in [4.78, 5) is 10.9. The standard InChI is InChI=1S/C11H20N4/c1-4-6-15(7-5-2)11-9-13-8-10(12-3)14-11/h8-9H,4-7H2,1-3H3,(H,12,14). The highest BCUT2D eigenvalue weighted by Gasteiger charge is 2.06. The highest BCUT2D eigenvalue weighted by atomic mass is 15.2. The Labute approximate surface area is 91.7 Å². The molecule has 0 fully saturated rings. The van der Waals surface area contributed by atoms with E-state index in [1.807, 2.05) is 13.2 Å². The van der Waals surface area contributed by atoms with Crippen LogP contribution in [0.3, 0.4) is 0 Å². The molecule has 0 saturated heterocycles. The molecule has 0 spiro atoms. The van der Waals surface area contributed by atoms with Crippen LogP contribution in [0.4, 0.5) is 11.6 Å². The van der Waals surface area contributed by atoms with Crippen LogP contribution in [0.25, 0.3) is 0 Å². The van der Waals surface area contributed by atoms with Crippen LogP contribution in [0.1, 0.15) is 26.7 Å². The van der Waals surface area contributed by atoms with E-state index in [1.54, 1.807) is 6.20 Å². The summed E-state index contributed by atoms with van der Waals surface area (Å²) in [5, 5.41) is 3.01. The van der Waals surface area contributed by atoms with Gasteiger partial charge in [0, 0.05) is 20.1 Å². The number of hydrogen-bond donors (Lipinski definition) is 1. The molecule has 84 valence electrons. The van der Waals surface area contributed by atoms with Gasteiger partial charge in [0.1, 0.15) is 11.6 Å². The summed E-state index contributed by atoms with van der Waals surface area (Å²) >= 11 is 0. The van der Waals surface area contributed by atoms with Crippen LogP contribution in [0.15, 0.2) is 12.4 Å². The molecule has 4 heteroatoms. The zero-order chi connectivity index (χ0) is 11.1. The third-order valence-corrected chi connectivity index (χ3v) is 2.19. The van der Waals surface area contributed by atoms with Gasteiger partial charge in [-0.15, -0.1) is 0 Å². The molecule has 1 rings (SSSR count). The molecule has 0 atom stereocenters. The van der Waals surface area contributed by atoms with Crippen LogP contribution >= 0.6 is 0 Å². The van der Waals surface area contributed by atoms with Crippen molar-refractivity contribution in [1.29, 1.82) is 0 Å². The Balaban J connectivity index is 2.79. The van der Waals surface area contributed by atoms with E-state index in [0.717, 1.165) is 37.6 Å². The second-order valence-electron chi connectivity index (χ2n) is 3.50. The predicted octanol–water partition coefficient (Wildman–Crippen LogP) is 2.14. The SMILES string of the molecule is CCCN(CCC)c1cncc(NC)n1. The molecule has 0 aliphatic rings. The monoisotopic (exact) mass is 208 g/mol. The van der Waals surface area contributed by atoms with Gasteiger partial charge in [-0.2, -0.15) is 0 Å². The molecule has 1 heterocycles. The fraction of sp³-hybridized carbons (Fsp3) is 0.636. The van der Waals surface area contributed by atoms with Crippen LogP contribution in [-0.2, 0) is 0 Å². The topological polar surface area (TPSA) is 41.1 Å². The number of nitrogens with zero attached hydrogens (tertiary/aromatic N) is 3. The maximum Gasteiger partial charge on any atom is 0.149 e.